The molecule has 1 heteroatoms. The first-order valence-corrected chi connectivity index (χ1v) is 5.99. The van der Waals surface area contributed by atoms with E-state index in [9.17, 15) is 0 Å². The van der Waals surface area contributed by atoms with Crippen molar-refractivity contribution in [2.75, 3.05) is 0 Å². The second-order valence-electron chi connectivity index (χ2n) is 4.98. The zero-order chi connectivity index (χ0) is 10.8. The largest absolute Gasteiger partial charge is 0.328 e. The highest BCUT2D eigenvalue weighted by Gasteiger charge is 2.21. The molecule has 0 spiro atoms. The van der Waals surface area contributed by atoms with Crippen LogP contribution in [0.5, 0.6) is 0 Å². The highest BCUT2D eigenvalue weighted by molar-refractivity contribution is 5.33. The summed E-state index contributed by atoms with van der Waals surface area (Å²) in [7, 11) is 0. The lowest BCUT2D eigenvalue weighted by atomic mass is 9.80. The normalized spacial score (nSPS) is 26.6. The molecule has 1 aromatic carbocycles. The van der Waals surface area contributed by atoms with Gasteiger partial charge < -0.3 is 5.73 Å². The third-order valence-corrected chi connectivity index (χ3v) is 3.58. The van der Waals surface area contributed by atoms with Crippen LogP contribution in [-0.2, 0) is 0 Å². The van der Waals surface area contributed by atoms with Gasteiger partial charge in [0.1, 0.15) is 0 Å². The maximum atomic E-state index is 6.04. The van der Waals surface area contributed by atoms with E-state index < -0.39 is 0 Å². The van der Waals surface area contributed by atoms with Crippen LogP contribution >= 0.6 is 0 Å². The van der Waals surface area contributed by atoms with E-state index in [1.807, 2.05) is 0 Å². The first-order valence-electron chi connectivity index (χ1n) is 5.99. The quantitative estimate of drug-likeness (QED) is 0.744. The van der Waals surface area contributed by atoms with Gasteiger partial charge in [-0.1, -0.05) is 30.2 Å². The molecule has 1 aromatic rings. The second kappa shape index (κ2) is 4.36. The highest BCUT2D eigenvalue weighted by Crippen LogP contribution is 2.33. The fraction of sp³-hybridized carbons (Fsp3) is 0.571. The summed E-state index contributed by atoms with van der Waals surface area (Å²) < 4.78 is 0. The molecule has 1 aliphatic rings. The number of nitrogens with two attached hydrogens (primary N) is 1. The van der Waals surface area contributed by atoms with Gasteiger partial charge in [-0.2, -0.15) is 0 Å². The Bertz CT molecular complexity index is 343. The smallest absolute Gasteiger partial charge is 0.00446 e. The van der Waals surface area contributed by atoms with Crippen LogP contribution in [0.3, 0.4) is 0 Å². The van der Waals surface area contributed by atoms with Crippen molar-refractivity contribution in [2.24, 2.45) is 5.73 Å². The van der Waals surface area contributed by atoms with Crippen LogP contribution in [0.25, 0.3) is 0 Å². The number of benzene rings is 1. The SMILES string of the molecule is Cc1ccc(C2CCCC(N)C2)c(C)c1. The summed E-state index contributed by atoms with van der Waals surface area (Å²) in [5.41, 5.74) is 10.4. The molecule has 15 heavy (non-hydrogen) atoms. The van der Waals surface area contributed by atoms with Crippen LogP contribution in [0.15, 0.2) is 18.2 Å². The summed E-state index contributed by atoms with van der Waals surface area (Å²) in [6, 6.07) is 7.23. The molecule has 1 nitrogen and oxygen atoms in total. The van der Waals surface area contributed by atoms with Crippen LogP contribution in [0.2, 0.25) is 0 Å². The highest BCUT2D eigenvalue weighted by atomic mass is 14.6. The van der Waals surface area contributed by atoms with Gasteiger partial charge in [0.25, 0.3) is 0 Å². The van der Waals surface area contributed by atoms with E-state index in [4.69, 9.17) is 5.73 Å². The van der Waals surface area contributed by atoms with Gasteiger partial charge >= 0.3 is 0 Å². The molecule has 2 atom stereocenters. The van der Waals surface area contributed by atoms with Crippen molar-refractivity contribution in [1.82, 2.24) is 0 Å². The van der Waals surface area contributed by atoms with Gasteiger partial charge in [0.05, 0.1) is 0 Å². The molecule has 0 saturated heterocycles. The van der Waals surface area contributed by atoms with Crippen molar-refractivity contribution in [3.8, 4) is 0 Å². The molecule has 1 fully saturated rings. The van der Waals surface area contributed by atoms with Crippen LogP contribution in [0, 0.1) is 13.8 Å². The monoisotopic (exact) mass is 203 g/mol. The van der Waals surface area contributed by atoms with Crippen molar-refractivity contribution < 1.29 is 0 Å². The number of rotatable bonds is 1. The first-order chi connectivity index (χ1) is 7.16. The van der Waals surface area contributed by atoms with Gasteiger partial charge in [-0.3, -0.25) is 0 Å². The van der Waals surface area contributed by atoms with E-state index in [1.54, 1.807) is 0 Å². The zero-order valence-corrected chi connectivity index (χ0v) is 9.79. The van der Waals surface area contributed by atoms with Gasteiger partial charge in [-0.25, -0.2) is 0 Å². The molecule has 1 aliphatic carbocycles. The lowest BCUT2D eigenvalue weighted by Crippen LogP contribution is -2.27. The maximum absolute atomic E-state index is 6.04. The van der Waals surface area contributed by atoms with E-state index in [1.165, 1.54) is 42.4 Å². The van der Waals surface area contributed by atoms with Gasteiger partial charge in [0, 0.05) is 6.04 Å². The van der Waals surface area contributed by atoms with Crippen molar-refractivity contribution in [3.63, 3.8) is 0 Å². The average Bonchev–Trinajstić information content (AvgIpc) is 2.17. The standard InChI is InChI=1S/C14H21N/c1-10-6-7-14(11(2)8-10)12-4-3-5-13(15)9-12/h6-8,12-13H,3-5,9,15H2,1-2H3. The predicted octanol–water partition coefficient (Wildman–Crippen LogP) is 3.29. The topological polar surface area (TPSA) is 26.0 Å². The fourth-order valence-corrected chi connectivity index (χ4v) is 2.79. The molecule has 0 aromatic heterocycles. The molecule has 82 valence electrons. The average molecular weight is 203 g/mol. The van der Waals surface area contributed by atoms with Crippen LogP contribution < -0.4 is 5.73 Å². The van der Waals surface area contributed by atoms with E-state index >= 15 is 0 Å². The van der Waals surface area contributed by atoms with Crippen molar-refractivity contribution in [1.29, 1.82) is 0 Å². The minimum Gasteiger partial charge on any atom is -0.328 e. The van der Waals surface area contributed by atoms with Crippen molar-refractivity contribution >= 4 is 0 Å². The van der Waals surface area contributed by atoms with Crippen LogP contribution in [0.4, 0.5) is 0 Å². The molecule has 0 aliphatic heterocycles. The Morgan fingerprint density at radius 1 is 1.20 bits per heavy atom. The lowest BCUT2D eigenvalue weighted by molar-refractivity contribution is 0.392. The second-order valence-corrected chi connectivity index (χ2v) is 4.98. The molecular formula is C14H21N. The Balaban J connectivity index is 2.21. The molecule has 0 heterocycles. The summed E-state index contributed by atoms with van der Waals surface area (Å²) in [4.78, 5) is 0. The Morgan fingerprint density at radius 2 is 2.00 bits per heavy atom. The Labute approximate surface area is 92.7 Å². The van der Waals surface area contributed by atoms with Gasteiger partial charge in [-0.15, -0.1) is 0 Å². The van der Waals surface area contributed by atoms with E-state index in [0.29, 0.717) is 12.0 Å². The molecule has 2 rings (SSSR count). The number of hydrogen-bond acceptors (Lipinski definition) is 1. The Kier molecular flexibility index (Phi) is 3.11. The van der Waals surface area contributed by atoms with Crippen molar-refractivity contribution in [3.05, 3.63) is 34.9 Å². The zero-order valence-electron chi connectivity index (χ0n) is 9.79. The molecule has 1 saturated carbocycles. The van der Waals surface area contributed by atoms with Crippen LogP contribution in [0.1, 0.15) is 48.3 Å². The van der Waals surface area contributed by atoms with Crippen molar-refractivity contribution in [2.45, 2.75) is 51.5 Å². The molecular weight excluding hydrogens is 182 g/mol. The minimum atomic E-state index is 0.421. The Hall–Kier alpha value is -0.820. The third-order valence-electron chi connectivity index (χ3n) is 3.58. The maximum Gasteiger partial charge on any atom is 0.00446 e. The Morgan fingerprint density at radius 3 is 2.67 bits per heavy atom. The van der Waals surface area contributed by atoms with E-state index in [2.05, 4.69) is 32.0 Å². The molecule has 2 unspecified atom stereocenters. The molecule has 0 amide bonds. The predicted molar refractivity (Wildman–Crippen MR) is 65.1 cm³/mol. The van der Waals surface area contributed by atoms with Crippen LogP contribution in [-0.4, -0.2) is 6.04 Å². The number of aryl methyl sites for hydroxylation is 2. The summed E-state index contributed by atoms with van der Waals surface area (Å²) in [6.07, 6.45) is 4.99. The summed E-state index contributed by atoms with van der Waals surface area (Å²) >= 11 is 0. The third kappa shape index (κ3) is 2.40. The summed E-state index contributed by atoms with van der Waals surface area (Å²) in [5, 5.41) is 0. The number of hydrogen-bond donors (Lipinski definition) is 1. The fourth-order valence-electron chi connectivity index (χ4n) is 2.79. The van der Waals surface area contributed by atoms with Gasteiger partial charge in [-0.05, 0) is 50.2 Å². The summed E-state index contributed by atoms with van der Waals surface area (Å²) in [5.74, 6) is 0.703. The lowest BCUT2D eigenvalue weighted by Gasteiger charge is -2.28. The molecule has 2 N–H and O–H groups in total. The molecule has 0 radical (unpaired) electrons. The minimum absolute atomic E-state index is 0.421. The van der Waals surface area contributed by atoms with E-state index in [0.717, 1.165) is 0 Å². The summed E-state index contributed by atoms with van der Waals surface area (Å²) in [6.45, 7) is 4.38. The van der Waals surface area contributed by atoms with Gasteiger partial charge in [0.2, 0.25) is 0 Å². The molecule has 0 bridgehead atoms. The van der Waals surface area contributed by atoms with E-state index in [-0.39, 0.29) is 0 Å². The van der Waals surface area contributed by atoms with Gasteiger partial charge in [0.15, 0.2) is 0 Å². The first kappa shape index (κ1) is 10.7.